The van der Waals surface area contributed by atoms with Crippen molar-refractivity contribution in [1.29, 1.82) is 0 Å². The van der Waals surface area contributed by atoms with Gasteiger partial charge in [0.2, 0.25) is 5.91 Å². The van der Waals surface area contributed by atoms with Crippen molar-refractivity contribution in [1.82, 2.24) is 5.32 Å². The lowest BCUT2D eigenvalue weighted by Crippen LogP contribution is -2.46. The maximum atomic E-state index is 13.0. The molecular formula is C54H101NO4. The second kappa shape index (κ2) is 48.8. The summed E-state index contributed by atoms with van der Waals surface area (Å²) < 4.78 is 5.63. The molecular weight excluding hydrogens is 727 g/mol. The molecule has 0 rings (SSSR count). The van der Waals surface area contributed by atoms with Crippen LogP contribution in [0.5, 0.6) is 0 Å². The normalized spacial score (nSPS) is 12.9. The highest BCUT2D eigenvalue weighted by molar-refractivity contribution is 5.76. The minimum atomic E-state index is -0.881. The van der Waals surface area contributed by atoms with Crippen molar-refractivity contribution in [3.05, 3.63) is 36.5 Å². The number of amides is 1. The Morgan fingerprint density at radius 3 is 1.10 bits per heavy atom. The first-order valence-electron chi connectivity index (χ1n) is 26.1. The van der Waals surface area contributed by atoms with Crippen LogP contribution in [-0.4, -0.2) is 35.7 Å². The largest absolute Gasteiger partial charge is 0.463 e. The van der Waals surface area contributed by atoms with E-state index in [0.717, 1.165) is 64.2 Å². The maximum absolute atomic E-state index is 13.0. The third-order valence-corrected chi connectivity index (χ3v) is 11.8. The van der Waals surface area contributed by atoms with Crippen LogP contribution in [0, 0.1) is 0 Å². The van der Waals surface area contributed by atoms with Crippen LogP contribution in [-0.2, 0) is 14.3 Å². The average molecular weight is 828 g/mol. The SMILES string of the molecule is CCCCCCCC/C=C\CCCCCCCC(=O)N[C@@H](COC(=O)CCCCCCC/C=C\CCCCCCCC)[C@H](O)/C=C/CCCCCCCCCCCCC. The number of aliphatic hydroxyl groups is 1. The lowest BCUT2D eigenvalue weighted by Gasteiger charge is -2.22. The topological polar surface area (TPSA) is 75.6 Å². The molecule has 0 unspecified atom stereocenters. The molecule has 0 fully saturated rings. The number of hydrogen-bond donors (Lipinski definition) is 2. The van der Waals surface area contributed by atoms with E-state index in [1.54, 1.807) is 6.08 Å². The Morgan fingerprint density at radius 1 is 0.424 bits per heavy atom. The van der Waals surface area contributed by atoms with E-state index in [4.69, 9.17) is 4.74 Å². The smallest absolute Gasteiger partial charge is 0.305 e. The van der Waals surface area contributed by atoms with E-state index < -0.39 is 12.1 Å². The van der Waals surface area contributed by atoms with Gasteiger partial charge in [-0.15, -0.1) is 0 Å². The zero-order valence-electron chi connectivity index (χ0n) is 39.8. The second-order valence-corrected chi connectivity index (χ2v) is 17.8. The van der Waals surface area contributed by atoms with Gasteiger partial charge in [0.05, 0.1) is 12.1 Å². The summed E-state index contributed by atoms with van der Waals surface area (Å²) in [5, 5.41) is 14.1. The molecule has 0 heterocycles. The Morgan fingerprint density at radius 2 is 0.729 bits per heavy atom. The fraction of sp³-hybridized carbons (Fsp3) is 0.852. The molecule has 0 bridgehead atoms. The quantitative estimate of drug-likeness (QED) is 0.0364. The molecule has 346 valence electrons. The highest BCUT2D eigenvalue weighted by Gasteiger charge is 2.21. The van der Waals surface area contributed by atoms with Gasteiger partial charge in [-0.3, -0.25) is 9.59 Å². The van der Waals surface area contributed by atoms with Crippen LogP contribution in [0.15, 0.2) is 36.5 Å². The summed E-state index contributed by atoms with van der Waals surface area (Å²) in [6.45, 7) is 6.81. The van der Waals surface area contributed by atoms with Crippen molar-refractivity contribution in [2.75, 3.05) is 6.61 Å². The van der Waals surface area contributed by atoms with Crippen LogP contribution >= 0.6 is 0 Å². The molecule has 1 amide bonds. The Hall–Kier alpha value is -1.88. The summed E-state index contributed by atoms with van der Waals surface area (Å²) in [6, 6.07) is -0.628. The van der Waals surface area contributed by atoms with Crippen molar-refractivity contribution in [3.8, 4) is 0 Å². The first kappa shape index (κ1) is 57.1. The fourth-order valence-electron chi connectivity index (χ4n) is 7.75. The molecule has 0 aliphatic heterocycles. The van der Waals surface area contributed by atoms with E-state index in [2.05, 4.69) is 50.4 Å². The summed E-state index contributed by atoms with van der Waals surface area (Å²) in [5.41, 5.74) is 0. The van der Waals surface area contributed by atoms with E-state index in [0.29, 0.717) is 12.8 Å². The van der Waals surface area contributed by atoms with E-state index in [1.807, 2.05) is 6.08 Å². The molecule has 0 aromatic carbocycles. The van der Waals surface area contributed by atoms with Crippen LogP contribution in [0.3, 0.4) is 0 Å². The Balaban J connectivity index is 4.43. The van der Waals surface area contributed by atoms with Gasteiger partial charge in [-0.1, -0.05) is 224 Å². The number of allylic oxidation sites excluding steroid dienone is 5. The molecule has 0 saturated carbocycles. The van der Waals surface area contributed by atoms with Gasteiger partial charge in [0.15, 0.2) is 0 Å². The van der Waals surface area contributed by atoms with Crippen molar-refractivity contribution < 1.29 is 19.4 Å². The monoisotopic (exact) mass is 828 g/mol. The van der Waals surface area contributed by atoms with E-state index in [-0.39, 0.29) is 18.5 Å². The van der Waals surface area contributed by atoms with Crippen LogP contribution in [0.1, 0.15) is 278 Å². The number of esters is 1. The first-order valence-corrected chi connectivity index (χ1v) is 26.1. The molecule has 5 heteroatoms. The van der Waals surface area contributed by atoms with E-state index in [1.165, 1.54) is 180 Å². The van der Waals surface area contributed by atoms with Crippen molar-refractivity contribution >= 4 is 11.9 Å². The summed E-state index contributed by atoms with van der Waals surface area (Å²) in [5.74, 6) is -0.310. The molecule has 0 aliphatic carbocycles. The number of ether oxygens (including phenoxy) is 1. The van der Waals surface area contributed by atoms with Gasteiger partial charge in [-0.25, -0.2) is 0 Å². The summed E-state index contributed by atoms with van der Waals surface area (Å²) >= 11 is 0. The van der Waals surface area contributed by atoms with Gasteiger partial charge in [-0.2, -0.15) is 0 Å². The molecule has 0 spiro atoms. The predicted molar refractivity (Wildman–Crippen MR) is 258 cm³/mol. The molecule has 2 atom stereocenters. The second-order valence-electron chi connectivity index (χ2n) is 17.8. The average Bonchev–Trinajstić information content (AvgIpc) is 3.23. The van der Waals surface area contributed by atoms with Gasteiger partial charge < -0.3 is 15.2 Å². The third kappa shape index (κ3) is 45.5. The van der Waals surface area contributed by atoms with Gasteiger partial charge in [0.1, 0.15) is 6.61 Å². The third-order valence-electron chi connectivity index (χ3n) is 11.8. The maximum Gasteiger partial charge on any atom is 0.305 e. The highest BCUT2D eigenvalue weighted by Crippen LogP contribution is 2.15. The Labute approximate surface area is 368 Å². The molecule has 0 radical (unpaired) electrons. The number of aliphatic hydroxyl groups excluding tert-OH is 1. The van der Waals surface area contributed by atoms with Crippen molar-refractivity contribution in [2.24, 2.45) is 0 Å². The number of nitrogens with one attached hydrogen (secondary N) is 1. The minimum Gasteiger partial charge on any atom is -0.463 e. The number of unbranched alkanes of at least 4 members (excludes halogenated alkanes) is 33. The molecule has 0 aromatic heterocycles. The standard InChI is InChI=1S/C54H101NO4/c1-4-7-10-13-16-19-22-25-27-30-33-36-39-42-45-48-53(57)55-51(52(56)47-44-41-38-35-32-29-24-21-18-15-12-9-6-3)50-59-54(58)49-46-43-40-37-34-31-28-26-23-20-17-14-11-8-5-2/h25-28,44,47,51-52,56H,4-24,29-43,45-46,48-50H2,1-3H3,(H,55,57)/b27-25-,28-26-,47-44+/t51-,52+/m0/s1. The van der Waals surface area contributed by atoms with Crippen LogP contribution < -0.4 is 5.32 Å². The Kier molecular flexibility index (Phi) is 47.2. The van der Waals surface area contributed by atoms with Crippen LogP contribution in [0.25, 0.3) is 0 Å². The molecule has 0 aromatic rings. The van der Waals surface area contributed by atoms with E-state index >= 15 is 0 Å². The Bertz CT molecular complexity index is 958. The first-order chi connectivity index (χ1) is 29.0. The van der Waals surface area contributed by atoms with Gasteiger partial charge in [0, 0.05) is 12.8 Å². The van der Waals surface area contributed by atoms with Gasteiger partial charge >= 0.3 is 5.97 Å². The molecule has 2 N–H and O–H groups in total. The summed E-state index contributed by atoms with van der Waals surface area (Å²) in [6.07, 6.45) is 60.3. The minimum absolute atomic E-state index is 0.00593. The molecule has 5 nitrogen and oxygen atoms in total. The molecule has 0 aliphatic rings. The molecule has 59 heavy (non-hydrogen) atoms. The molecule has 0 saturated heterocycles. The number of carbonyl (C=O) groups is 2. The highest BCUT2D eigenvalue weighted by atomic mass is 16.5. The number of hydrogen-bond acceptors (Lipinski definition) is 4. The lowest BCUT2D eigenvalue weighted by molar-refractivity contribution is -0.146. The van der Waals surface area contributed by atoms with Crippen LogP contribution in [0.2, 0.25) is 0 Å². The number of rotatable bonds is 47. The van der Waals surface area contributed by atoms with Crippen molar-refractivity contribution in [2.45, 2.75) is 290 Å². The predicted octanol–water partition coefficient (Wildman–Crippen LogP) is 16.7. The zero-order valence-corrected chi connectivity index (χ0v) is 39.8. The van der Waals surface area contributed by atoms with Gasteiger partial charge in [-0.05, 0) is 77.0 Å². The van der Waals surface area contributed by atoms with E-state index in [9.17, 15) is 14.7 Å². The zero-order chi connectivity index (χ0) is 43.0. The number of carbonyl (C=O) groups excluding carboxylic acids is 2. The van der Waals surface area contributed by atoms with Crippen molar-refractivity contribution in [3.63, 3.8) is 0 Å². The van der Waals surface area contributed by atoms with Crippen LogP contribution in [0.4, 0.5) is 0 Å². The summed E-state index contributed by atoms with van der Waals surface area (Å²) in [4.78, 5) is 25.6. The summed E-state index contributed by atoms with van der Waals surface area (Å²) in [7, 11) is 0. The van der Waals surface area contributed by atoms with Gasteiger partial charge in [0.25, 0.3) is 0 Å². The fourth-order valence-corrected chi connectivity index (χ4v) is 7.75. The lowest BCUT2D eigenvalue weighted by atomic mass is 10.0.